The second-order valence-corrected chi connectivity index (χ2v) is 3.52. The van der Waals surface area contributed by atoms with Gasteiger partial charge in [0.1, 0.15) is 5.52 Å². The van der Waals surface area contributed by atoms with Crippen molar-refractivity contribution in [1.29, 1.82) is 0 Å². The van der Waals surface area contributed by atoms with Gasteiger partial charge in [-0.2, -0.15) is 5.10 Å². The Morgan fingerprint density at radius 1 is 1.38 bits per heavy atom. The molecule has 16 heavy (non-hydrogen) atoms. The highest BCUT2D eigenvalue weighted by atomic mass is 15.2. The molecule has 0 aromatic carbocycles. The first-order chi connectivity index (χ1) is 7.92. The van der Waals surface area contributed by atoms with Crippen LogP contribution in [0, 0.1) is 12.3 Å². The second-order valence-electron chi connectivity index (χ2n) is 3.52. The molecule has 4 nitrogen and oxygen atoms in total. The van der Waals surface area contributed by atoms with E-state index in [2.05, 4.69) is 21.3 Å². The summed E-state index contributed by atoms with van der Waals surface area (Å²) in [4.78, 5) is 4.28. The van der Waals surface area contributed by atoms with Crippen LogP contribution in [0.2, 0.25) is 0 Å². The van der Waals surface area contributed by atoms with Gasteiger partial charge in [-0.1, -0.05) is 0 Å². The topological polar surface area (TPSA) is 42.2 Å². The third kappa shape index (κ3) is 2.31. The number of nitrogens with zero attached hydrogens (tertiary/aromatic N) is 3. The van der Waals surface area contributed by atoms with Crippen molar-refractivity contribution in [3.63, 3.8) is 0 Å². The molecule has 82 valence electrons. The van der Waals surface area contributed by atoms with Crippen LogP contribution >= 0.6 is 0 Å². The number of nitrogens with one attached hydrogen (secondary N) is 1. The van der Waals surface area contributed by atoms with Crippen molar-refractivity contribution >= 4 is 11.3 Å². The van der Waals surface area contributed by atoms with E-state index in [0.717, 1.165) is 37.1 Å². The minimum Gasteiger partial charge on any atom is -0.368 e. The summed E-state index contributed by atoms with van der Waals surface area (Å²) < 4.78 is 1.80. The lowest BCUT2D eigenvalue weighted by Crippen LogP contribution is -2.04. The molecule has 0 aliphatic carbocycles. The first-order valence-corrected chi connectivity index (χ1v) is 5.37. The van der Waals surface area contributed by atoms with Gasteiger partial charge < -0.3 is 5.32 Å². The molecule has 0 aliphatic heterocycles. The van der Waals surface area contributed by atoms with E-state index in [9.17, 15) is 0 Å². The number of aromatic nitrogens is 3. The fourth-order valence-corrected chi connectivity index (χ4v) is 1.55. The third-order valence-electron chi connectivity index (χ3n) is 2.36. The summed E-state index contributed by atoms with van der Waals surface area (Å²) in [6.07, 6.45) is 13.5. The van der Waals surface area contributed by atoms with E-state index in [4.69, 9.17) is 6.42 Å². The van der Waals surface area contributed by atoms with Gasteiger partial charge in [0.2, 0.25) is 0 Å². The number of terminal acetylenes is 1. The van der Waals surface area contributed by atoms with Crippen molar-refractivity contribution in [3.8, 4) is 12.3 Å². The van der Waals surface area contributed by atoms with Crippen LogP contribution < -0.4 is 5.32 Å². The highest BCUT2D eigenvalue weighted by Gasteiger charge is 2.01. The van der Waals surface area contributed by atoms with Crippen LogP contribution in [-0.2, 0) is 0 Å². The van der Waals surface area contributed by atoms with E-state index < -0.39 is 0 Å². The fourth-order valence-electron chi connectivity index (χ4n) is 1.55. The van der Waals surface area contributed by atoms with Crippen LogP contribution in [0.15, 0.2) is 24.7 Å². The molecule has 2 aromatic rings. The molecule has 0 spiro atoms. The third-order valence-corrected chi connectivity index (χ3v) is 2.36. The molecule has 2 heterocycles. The molecule has 4 heteroatoms. The largest absolute Gasteiger partial charge is 0.368 e. The van der Waals surface area contributed by atoms with Gasteiger partial charge in [-0.05, 0) is 18.9 Å². The van der Waals surface area contributed by atoms with Crippen LogP contribution in [0.4, 0.5) is 5.82 Å². The molecule has 0 fully saturated rings. The molecule has 0 aliphatic rings. The second kappa shape index (κ2) is 5.17. The Hall–Kier alpha value is -2.02. The van der Waals surface area contributed by atoms with Crippen molar-refractivity contribution in [2.24, 2.45) is 0 Å². The predicted molar refractivity (Wildman–Crippen MR) is 64.2 cm³/mol. The Morgan fingerprint density at radius 2 is 2.31 bits per heavy atom. The first-order valence-electron chi connectivity index (χ1n) is 5.37. The van der Waals surface area contributed by atoms with E-state index >= 15 is 0 Å². The number of unbranched alkanes of at least 4 members (excludes halogenated alkanes) is 2. The SMILES string of the molecule is C#CCCCCNc1nccn2nccc12. The quantitative estimate of drug-likeness (QED) is 0.611. The molecule has 0 amide bonds. The molecule has 0 bridgehead atoms. The van der Waals surface area contributed by atoms with Crippen molar-refractivity contribution < 1.29 is 0 Å². The highest BCUT2D eigenvalue weighted by molar-refractivity contribution is 5.66. The molecule has 2 rings (SSSR count). The smallest absolute Gasteiger partial charge is 0.152 e. The number of hydrogen-bond donors (Lipinski definition) is 1. The molecule has 0 radical (unpaired) electrons. The normalized spacial score (nSPS) is 10.2. The summed E-state index contributed by atoms with van der Waals surface area (Å²) in [6, 6.07) is 1.94. The van der Waals surface area contributed by atoms with E-state index in [1.54, 1.807) is 16.9 Å². The Labute approximate surface area is 94.7 Å². The summed E-state index contributed by atoms with van der Waals surface area (Å²) in [5, 5.41) is 7.44. The lowest BCUT2D eigenvalue weighted by atomic mass is 10.2. The average Bonchev–Trinajstić information content (AvgIpc) is 2.77. The van der Waals surface area contributed by atoms with Gasteiger partial charge in [0, 0.05) is 25.4 Å². The maximum atomic E-state index is 5.19. The molecule has 0 atom stereocenters. The molecular formula is C12H14N4. The fraction of sp³-hybridized carbons (Fsp3) is 0.333. The van der Waals surface area contributed by atoms with Crippen LogP contribution in [0.5, 0.6) is 0 Å². The zero-order valence-electron chi connectivity index (χ0n) is 9.06. The monoisotopic (exact) mass is 214 g/mol. The van der Waals surface area contributed by atoms with Crippen LogP contribution in [-0.4, -0.2) is 21.1 Å². The molecular weight excluding hydrogens is 200 g/mol. The predicted octanol–water partition coefficient (Wildman–Crippen LogP) is 1.94. The van der Waals surface area contributed by atoms with E-state index in [1.165, 1.54) is 0 Å². The zero-order chi connectivity index (χ0) is 11.2. The number of anilines is 1. The first kappa shape index (κ1) is 10.5. The van der Waals surface area contributed by atoms with Gasteiger partial charge in [0.15, 0.2) is 5.82 Å². The highest BCUT2D eigenvalue weighted by Crippen LogP contribution is 2.12. The summed E-state index contributed by atoms with van der Waals surface area (Å²) >= 11 is 0. The van der Waals surface area contributed by atoms with E-state index in [0.29, 0.717) is 0 Å². The molecule has 0 unspecified atom stereocenters. The van der Waals surface area contributed by atoms with Gasteiger partial charge in [-0.15, -0.1) is 12.3 Å². The lowest BCUT2D eigenvalue weighted by molar-refractivity contribution is 0.787. The van der Waals surface area contributed by atoms with Crippen molar-refractivity contribution in [2.45, 2.75) is 19.3 Å². The standard InChI is InChI=1S/C12H14N4/c1-2-3-4-5-7-13-12-11-6-8-15-16(11)10-9-14-12/h1,6,8-10H,3-5,7H2,(H,13,14). The Morgan fingerprint density at radius 3 is 3.19 bits per heavy atom. The van der Waals surface area contributed by atoms with E-state index in [1.807, 2.05) is 12.3 Å². The van der Waals surface area contributed by atoms with Crippen LogP contribution in [0.25, 0.3) is 5.52 Å². The van der Waals surface area contributed by atoms with Crippen molar-refractivity contribution in [1.82, 2.24) is 14.6 Å². The Balaban J connectivity index is 1.94. The van der Waals surface area contributed by atoms with Gasteiger partial charge in [-0.25, -0.2) is 9.50 Å². The average molecular weight is 214 g/mol. The number of hydrogen-bond acceptors (Lipinski definition) is 3. The van der Waals surface area contributed by atoms with Crippen molar-refractivity contribution in [3.05, 3.63) is 24.7 Å². The maximum Gasteiger partial charge on any atom is 0.152 e. The Bertz CT molecular complexity index is 495. The number of rotatable bonds is 5. The molecule has 0 saturated heterocycles. The van der Waals surface area contributed by atoms with Crippen LogP contribution in [0.1, 0.15) is 19.3 Å². The van der Waals surface area contributed by atoms with Gasteiger partial charge in [0.25, 0.3) is 0 Å². The van der Waals surface area contributed by atoms with Gasteiger partial charge >= 0.3 is 0 Å². The minimum absolute atomic E-state index is 0.839. The summed E-state index contributed by atoms with van der Waals surface area (Å²) in [7, 11) is 0. The maximum absolute atomic E-state index is 5.19. The molecule has 0 saturated carbocycles. The lowest BCUT2D eigenvalue weighted by Gasteiger charge is -2.05. The van der Waals surface area contributed by atoms with Crippen LogP contribution in [0.3, 0.4) is 0 Å². The zero-order valence-corrected chi connectivity index (χ0v) is 9.06. The minimum atomic E-state index is 0.839. The summed E-state index contributed by atoms with van der Waals surface area (Å²) in [5.41, 5.74) is 0.999. The van der Waals surface area contributed by atoms with Gasteiger partial charge in [0.05, 0.1) is 6.20 Å². The molecule has 1 N–H and O–H groups in total. The molecule has 2 aromatic heterocycles. The number of fused-ring (bicyclic) bond motifs is 1. The summed E-state index contributed by atoms with van der Waals surface area (Å²) in [5.74, 6) is 3.51. The van der Waals surface area contributed by atoms with E-state index in [-0.39, 0.29) is 0 Å². The summed E-state index contributed by atoms with van der Waals surface area (Å²) in [6.45, 7) is 0.888. The van der Waals surface area contributed by atoms with Crippen molar-refractivity contribution in [2.75, 3.05) is 11.9 Å². The Kier molecular flexibility index (Phi) is 3.39. The van der Waals surface area contributed by atoms with Gasteiger partial charge in [-0.3, -0.25) is 0 Å².